The number of anilines is 1. The van der Waals surface area contributed by atoms with E-state index in [1.165, 1.54) is 6.92 Å². The van der Waals surface area contributed by atoms with Crippen LogP contribution in [0, 0.1) is 0 Å². The molecule has 3 aromatic rings. The van der Waals surface area contributed by atoms with E-state index in [0.29, 0.717) is 6.61 Å². The number of carbonyl (C=O) groups excluding carboxylic acids is 1. The highest BCUT2D eigenvalue weighted by Crippen LogP contribution is 2.26. The summed E-state index contributed by atoms with van der Waals surface area (Å²) >= 11 is 0. The third-order valence-electron chi connectivity index (χ3n) is 3.23. The first-order valence-electron chi connectivity index (χ1n) is 7.16. The average Bonchev–Trinajstić information content (AvgIpc) is 2.92. The standard InChI is InChI=1S/C17H17N3O2/c1-3-22-16-8-5-9-20-11-15(19-17(16)20)13-6-4-7-14(10-13)18-12(2)21/h4-11H,3H2,1-2H3,(H,18,21). The Labute approximate surface area is 128 Å². The van der Waals surface area contributed by atoms with E-state index in [-0.39, 0.29) is 5.91 Å². The van der Waals surface area contributed by atoms with Crippen molar-refractivity contribution in [1.29, 1.82) is 0 Å². The van der Waals surface area contributed by atoms with Crippen molar-refractivity contribution in [3.05, 3.63) is 48.8 Å². The summed E-state index contributed by atoms with van der Waals surface area (Å²) < 4.78 is 7.54. The summed E-state index contributed by atoms with van der Waals surface area (Å²) in [5.41, 5.74) is 3.31. The Kier molecular flexibility index (Phi) is 3.78. The fourth-order valence-corrected chi connectivity index (χ4v) is 2.35. The van der Waals surface area contributed by atoms with Crippen molar-refractivity contribution in [3.8, 4) is 17.0 Å². The summed E-state index contributed by atoms with van der Waals surface area (Å²) in [5.74, 6) is 0.667. The van der Waals surface area contributed by atoms with Gasteiger partial charge in [0, 0.05) is 30.6 Å². The van der Waals surface area contributed by atoms with E-state index >= 15 is 0 Å². The van der Waals surface area contributed by atoms with Gasteiger partial charge < -0.3 is 14.5 Å². The molecule has 0 saturated carbocycles. The molecule has 1 N–H and O–H groups in total. The van der Waals surface area contributed by atoms with E-state index in [4.69, 9.17) is 4.74 Å². The second-order valence-corrected chi connectivity index (χ2v) is 4.92. The molecule has 5 nitrogen and oxygen atoms in total. The number of amides is 1. The predicted molar refractivity (Wildman–Crippen MR) is 86.1 cm³/mol. The van der Waals surface area contributed by atoms with Crippen LogP contribution in [0.25, 0.3) is 16.9 Å². The number of benzene rings is 1. The molecule has 5 heteroatoms. The van der Waals surface area contributed by atoms with Crippen LogP contribution in [0.5, 0.6) is 5.75 Å². The topological polar surface area (TPSA) is 55.6 Å². The van der Waals surface area contributed by atoms with Gasteiger partial charge in [0.25, 0.3) is 0 Å². The summed E-state index contributed by atoms with van der Waals surface area (Å²) in [5, 5.41) is 2.78. The molecule has 0 saturated heterocycles. The first-order valence-corrected chi connectivity index (χ1v) is 7.16. The summed E-state index contributed by atoms with van der Waals surface area (Å²) in [4.78, 5) is 15.8. The van der Waals surface area contributed by atoms with E-state index in [2.05, 4.69) is 10.3 Å². The van der Waals surface area contributed by atoms with Crippen molar-refractivity contribution in [3.63, 3.8) is 0 Å². The van der Waals surface area contributed by atoms with Crippen LogP contribution in [0.4, 0.5) is 5.69 Å². The van der Waals surface area contributed by atoms with Crippen molar-refractivity contribution < 1.29 is 9.53 Å². The largest absolute Gasteiger partial charge is 0.490 e. The molecule has 22 heavy (non-hydrogen) atoms. The number of ether oxygens (including phenoxy) is 1. The molecule has 0 spiro atoms. The molecule has 0 bridgehead atoms. The summed E-state index contributed by atoms with van der Waals surface area (Å²) in [6.07, 6.45) is 3.89. The van der Waals surface area contributed by atoms with E-state index in [9.17, 15) is 4.79 Å². The van der Waals surface area contributed by atoms with Gasteiger partial charge >= 0.3 is 0 Å². The van der Waals surface area contributed by atoms with Gasteiger partial charge in [-0.1, -0.05) is 12.1 Å². The average molecular weight is 295 g/mol. The molecule has 1 amide bonds. The summed E-state index contributed by atoms with van der Waals surface area (Å²) in [6.45, 7) is 4.04. The van der Waals surface area contributed by atoms with Crippen LogP contribution in [0.3, 0.4) is 0 Å². The van der Waals surface area contributed by atoms with Gasteiger partial charge in [0.05, 0.1) is 12.3 Å². The summed E-state index contributed by atoms with van der Waals surface area (Å²) in [7, 11) is 0. The van der Waals surface area contributed by atoms with Gasteiger partial charge in [-0.15, -0.1) is 0 Å². The minimum absolute atomic E-state index is 0.0919. The number of nitrogens with zero attached hydrogens (tertiary/aromatic N) is 2. The lowest BCUT2D eigenvalue weighted by molar-refractivity contribution is -0.114. The molecule has 0 fully saturated rings. The lowest BCUT2D eigenvalue weighted by atomic mass is 10.1. The molecule has 112 valence electrons. The van der Waals surface area contributed by atoms with Gasteiger partial charge in [-0.3, -0.25) is 4.79 Å². The maximum absolute atomic E-state index is 11.2. The first kappa shape index (κ1) is 14.1. The highest BCUT2D eigenvalue weighted by molar-refractivity contribution is 5.89. The second kappa shape index (κ2) is 5.89. The zero-order valence-electron chi connectivity index (χ0n) is 12.5. The monoisotopic (exact) mass is 295 g/mol. The van der Waals surface area contributed by atoms with Crippen LogP contribution < -0.4 is 10.1 Å². The third-order valence-corrected chi connectivity index (χ3v) is 3.23. The van der Waals surface area contributed by atoms with Crippen LogP contribution in [0.2, 0.25) is 0 Å². The Morgan fingerprint density at radius 2 is 2.18 bits per heavy atom. The fraction of sp³-hybridized carbons (Fsp3) is 0.176. The van der Waals surface area contributed by atoms with Gasteiger partial charge in [-0.2, -0.15) is 0 Å². The Morgan fingerprint density at radius 1 is 1.32 bits per heavy atom. The molecule has 1 aromatic carbocycles. The number of pyridine rings is 1. The zero-order chi connectivity index (χ0) is 15.5. The highest BCUT2D eigenvalue weighted by Gasteiger charge is 2.09. The van der Waals surface area contributed by atoms with Crippen LogP contribution >= 0.6 is 0 Å². The van der Waals surface area contributed by atoms with E-state index in [1.54, 1.807) is 0 Å². The molecular weight excluding hydrogens is 278 g/mol. The minimum Gasteiger partial charge on any atom is -0.490 e. The second-order valence-electron chi connectivity index (χ2n) is 4.92. The molecule has 0 aliphatic heterocycles. The third kappa shape index (κ3) is 2.79. The molecular formula is C17H17N3O2. The molecule has 0 unspecified atom stereocenters. The van der Waals surface area contributed by atoms with Crippen LogP contribution in [0.15, 0.2) is 48.8 Å². The Hall–Kier alpha value is -2.82. The Balaban J connectivity index is 2.03. The van der Waals surface area contributed by atoms with E-state index < -0.39 is 0 Å². The quantitative estimate of drug-likeness (QED) is 0.803. The van der Waals surface area contributed by atoms with E-state index in [1.807, 2.05) is 60.1 Å². The first-order chi connectivity index (χ1) is 10.7. The maximum Gasteiger partial charge on any atom is 0.221 e. The zero-order valence-corrected chi connectivity index (χ0v) is 12.5. The normalized spacial score (nSPS) is 10.6. The molecule has 0 aliphatic carbocycles. The SMILES string of the molecule is CCOc1cccn2cc(-c3cccc(NC(C)=O)c3)nc12. The summed E-state index contributed by atoms with van der Waals surface area (Å²) in [6, 6.07) is 11.5. The van der Waals surface area contributed by atoms with Gasteiger partial charge in [0.15, 0.2) is 11.4 Å². The molecule has 0 aliphatic rings. The highest BCUT2D eigenvalue weighted by atomic mass is 16.5. The number of hydrogen-bond donors (Lipinski definition) is 1. The predicted octanol–water partition coefficient (Wildman–Crippen LogP) is 3.36. The van der Waals surface area contributed by atoms with E-state index in [0.717, 1.165) is 28.3 Å². The Morgan fingerprint density at radius 3 is 2.95 bits per heavy atom. The van der Waals surface area contributed by atoms with Gasteiger partial charge in [-0.25, -0.2) is 4.98 Å². The van der Waals surface area contributed by atoms with Crippen LogP contribution in [-0.2, 0) is 4.79 Å². The number of carbonyl (C=O) groups is 1. The maximum atomic E-state index is 11.2. The molecule has 0 atom stereocenters. The molecule has 3 rings (SSSR count). The number of rotatable bonds is 4. The number of fused-ring (bicyclic) bond motifs is 1. The van der Waals surface area contributed by atoms with Crippen molar-refractivity contribution in [1.82, 2.24) is 9.38 Å². The fourth-order valence-electron chi connectivity index (χ4n) is 2.35. The lowest BCUT2D eigenvalue weighted by Crippen LogP contribution is -2.05. The van der Waals surface area contributed by atoms with Crippen molar-refractivity contribution in [2.24, 2.45) is 0 Å². The smallest absolute Gasteiger partial charge is 0.221 e. The molecule has 2 aromatic heterocycles. The number of imidazole rings is 1. The molecule has 2 heterocycles. The lowest BCUT2D eigenvalue weighted by Gasteiger charge is -2.03. The van der Waals surface area contributed by atoms with Crippen LogP contribution in [-0.4, -0.2) is 21.9 Å². The van der Waals surface area contributed by atoms with Gasteiger partial charge in [-0.05, 0) is 31.2 Å². The van der Waals surface area contributed by atoms with Crippen molar-refractivity contribution >= 4 is 17.2 Å². The van der Waals surface area contributed by atoms with Crippen LogP contribution in [0.1, 0.15) is 13.8 Å². The van der Waals surface area contributed by atoms with Gasteiger partial charge in [0.1, 0.15) is 0 Å². The number of nitrogens with one attached hydrogen (secondary N) is 1. The Bertz CT molecular complexity index is 824. The van der Waals surface area contributed by atoms with Crippen molar-refractivity contribution in [2.75, 3.05) is 11.9 Å². The number of hydrogen-bond acceptors (Lipinski definition) is 3. The minimum atomic E-state index is -0.0919. The van der Waals surface area contributed by atoms with Gasteiger partial charge in [0.2, 0.25) is 5.91 Å². The number of aromatic nitrogens is 2. The van der Waals surface area contributed by atoms with Crippen molar-refractivity contribution in [2.45, 2.75) is 13.8 Å². The molecule has 0 radical (unpaired) electrons.